The zero-order chi connectivity index (χ0) is 13.7. The molecule has 0 fully saturated rings. The van der Waals surface area contributed by atoms with Gasteiger partial charge in [-0.1, -0.05) is 27.7 Å². The molecule has 3 heteroatoms. The zero-order valence-electron chi connectivity index (χ0n) is 12.0. The van der Waals surface area contributed by atoms with Crippen molar-refractivity contribution in [3.05, 3.63) is 30.1 Å². The Bertz CT molecular complexity index is 273. The third-order valence-electron chi connectivity index (χ3n) is 2.02. The molecule has 0 radical (unpaired) electrons. The summed E-state index contributed by atoms with van der Waals surface area (Å²) in [7, 11) is 1.81. The van der Waals surface area contributed by atoms with E-state index in [-0.39, 0.29) is 5.91 Å². The number of hydrogen-bond acceptors (Lipinski definition) is 2. The van der Waals surface area contributed by atoms with Gasteiger partial charge in [-0.25, -0.2) is 0 Å². The fourth-order valence-electron chi connectivity index (χ4n) is 1.00. The largest absolute Gasteiger partial charge is 0.346 e. The summed E-state index contributed by atoms with van der Waals surface area (Å²) in [4.78, 5) is 16.5. The maximum atomic E-state index is 10.9. The standard InChI is InChI=1S/C10H14N2O.2C2H6/c1-9(13)12(2)8-5-10-3-6-11-7-4-10;2*1-2/h3-4,6-7H,5,8H2,1-2H3;2*1-2H3. The molecule has 0 saturated carbocycles. The highest BCUT2D eigenvalue weighted by Crippen LogP contribution is 1.98. The lowest BCUT2D eigenvalue weighted by atomic mass is 10.2. The van der Waals surface area contributed by atoms with Gasteiger partial charge >= 0.3 is 0 Å². The van der Waals surface area contributed by atoms with E-state index in [1.54, 1.807) is 24.2 Å². The van der Waals surface area contributed by atoms with Crippen LogP contribution in [0.15, 0.2) is 24.5 Å². The maximum Gasteiger partial charge on any atom is 0.219 e. The summed E-state index contributed by atoms with van der Waals surface area (Å²) in [5.41, 5.74) is 1.21. The first-order valence-electron chi connectivity index (χ1n) is 6.31. The van der Waals surface area contributed by atoms with Crippen LogP contribution in [0.5, 0.6) is 0 Å². The van der Waals surface area contributed by atoms with Crippen molar-refractivity contribution in [1.82, 2.24) is 9.88 Å². The molecular weight excluding hydrogens is 212 g/mol. The Labute approximate surface area is 106 Å². The zero-order valence-corrected chi connectivity index (χ0v) is 12.0. The molecule has 0 spiro atoms. The van der Waals surface area contributed by atoms with E-state index in [1.807, 2.05) is 46.9 Å². The first kappa shape index (κ1) is 18.0. The summed E-state index contributed by atoms with van der Waals surface area (Å²) >= 11 is 0. The molecule has 3 nitrogen and oxygen atoms in total. The van der Waals surface area contributed by atoms with Crippen molar-refractivity contribution in [2.45, 2.75) is 41.0 Å². The van der Waals surface area contributed by atoms with Crippen LogP contribution >= 0.6 is 0 Å². The van der Waals surface area contributed by atoms with Gasteiger partial charge in [0.05, 0.1) is 0 Å². The minimum absolute atomic E-state index is 0.106. The van der Waals surface area contributed by atoms with Crippen molar-refractivity contribution in [2.75, 3.05) is 13.6 Å². The minimum Gasteiger partial charge on any atom is -0.346 e. The van der Waals surface area contributed by atoms with Crippen LogP contribution in [-0.2, 0) is 11.2 Å². The molecule has 17 heavy (non-hydrogen) atoms. The van der Waals surface area contributed by atoms with Crippen LogP contribution in [-0.4, -0.2) is 29.4 Å². The lowest BCUT2D eigenvalue weighted by Gasteiger charge is -2.13. The third-order valence-corrected chi connectivity index (χ3v) is 2.02. The molecular formula is C14H26N2O. The summed E-state index contributed by atoms with van der Waals surface area (Å²) < 4.78 is 0. The molecule has 0 aliphatic carbocycles. The van der Waals surface area contributed by atoms with E-state index < -0.39 is 0 Å². The lowest BCUT2D eigenvalue weighted by molar-refractivity contribution is -0.127. The summed E-state index contributed by atoms with van der Waals surface area (Å²) in [5, 5.41) is 0. The highest BCUT2D eigenvalue weighted by molar-refractivity contribution is 5.72. The molecule has 1 amide bonds. The van der Waals surface area contributed by atoms with Gasteiger partial charge in [-0.2, -0.15) is 0 Å². The van der Waals surface area contributed by atoms with Crippen molar-refractivity contribution in [3.8, 4) is 0 Å². The Kier molecular flexibility index (Phi) is 13.4. The summed E-state index contributed by atoms with van der Waals surface area (Å²) in [6.45, 7) is 10.3. The predicted molar refractivity (Wildman–Crippen MR) is 73.9 cm³/mol. The van der Waals surface area contributed by atoms with Crippen LogP contribution in [0.2, 0.25) is 0 Å². The smallest absolute Gasteiger partial charge is 0.219 e. The second-order valence-electron chi connectivity index (χ2n) is 3.05. The van der Waals surface area contributed by atoms with E-state index >= 15 is 0 Å². The second-order valence-corrected chi connectivity index (χ2v) is 3.05. The van der Waals surface area contributed by atoms with Gasteiger partial charge < -0.3 is 4.90 Å². The number of hydrogen-bond donors (Lipinski definition) is 0. The van der Waals surface area contributed by atoms with Crippen LogP contribution in [0, 0.1) is 0 Å². The topological polar surface area (TPSA) is 33.2 Å². The Morgan fingerprint density at radius 1 is 1.18 bits per heavy atom. The molecule has 0 saturated heterocycles. The predicted octanol–water partition coefficient (Wildman–Crippen LogP) is 3.15. The lowest BCUT2D eigenvalue weighted by Crippen LogP contribution is -2.26. The highest BCUT2D eigenvalue weighted by Gasteiger charge is 2.01. The Morgan fingerprint density at radius 3 is 2.06 bits per heavy atom. The Hall–Kier alpha value is -1.38. The van der Waals surface area contributed by atoms with Crippen molar-refractivity contribution in [1.29, 1.82) is 0 Å². The van der Waals surface area contributed by atoms with Crippen LogP contribution in [0.4, 0.5) is 0 Å². The number of carbonyl (C=O) groups excluding carboxylic acids is 1. The number of nitrogens with zero attached hydrogens (tertiary/aromatic N) is 2. The number of aromatic nitrogens is 1. The normalized spacial score (nSPS) is 8.12. The van der Waals surface area contributed by atoms with E-state index in [0.29, 0.717) is 0 Å². The van der Waals surface area contributed by atoms with Gasteiger partial charge in [0.15, 0.2) is 0 Å². The van der Waals surface area contributed by atoms with E-state index in [1.165, 1.54) is 5.56 Å². The molecule has 0 atom stereocenters. The Balaban J connectivity index is 0. The summed E-state index contributed by atoms with van der Waals surface area (Å²) in [6.07, 6.45) is 4.42. The van der Waals surface area contributed by atoms with E-state index in [9.17, 15) is 4.79 Å². The fourth-order valence-corrected chi connectivity index (χ4v) is 1.00. The first-order valence-corrected chi connectivity index (χ1v) is 6.31. The number of likely N-dealkylation sites (N-methyl/N-ethyl adjacent to an activating group) is 1. The van der Waals surface area contributed by atoms with Gasteiger partial charge in [0.2, 0.25) is 5.91 Å². The SMILES string of the molecule is CC.CC.CC(=O)N(C)CCc1ccncc1. The van der Waals surface area contributed by atoms with Gasteiger partial charge in [-0.15, -0.1) is 0 Å². The molecule has 0 aliphatic rings. The van der Waals surface area contributed by atoms with Gasteiger partial charge in [0, 0.05) is 32.9 Å². The van der Waals surface area contributed by atoms with E-state index in [2.05, 4.69) is 4.98 Å². The average molecular weight is 238 g/mol. The maximum absolute atomic E-state index is 10.9. The van der Waals surface area contributed by atoms with Gasteiger partial charge in [-0.05, 0) is 24.1 Å². The van der Waals surface area contributed by atoms with Crippen molar-refractivity contribution >= 4 is 5.91 Å². The number of pyridine rings is 1. The van der Waals surface area contributed by atoms with Crippen molar-refractivity contribution in [2.24, 2.45) is 0 Å². The number of rotatable bonds is 3. The second kappa shape index (κ2) is 12.7. The van der Waals surface area contributed by atoms with Crippen molar-refractivity contribution < 1.29 is 4.79 Å². The summed E-state index contributed by atoms with van der Waals surface area (Å²) in [5.74, 6) is 0.106. The third kappa shape index (κ3) is 9.54. The summed E-state index contributed by atoms with van der Waals surface area (Å²) in [6, 6.07) is 3.93. The van der Waals surface area contributed by atoms with Crippen LogP contribution in [0.1, 0.15) is 40.2 Å². The van der Waals surface area contributed by atoms with Crippen molar-refractivity contribution in [3.63, 3.8) is 0 Å². The molecule has 0 aliphatic heterocycles. The van der Waals surface area contributed by atoms with E-state index in [0.717, 1.165) is 13.0 Å². The van der Waals surface area contributed by atoms with Gasteiger partial charge in [-0.3, -0.25) is 9.78 Å². The fraction of sp³-hybridized carbons (Fsp3) is 0.571. The molecule has 1 heterocycles. The number of carbonyl (C=O) groups is 1. The first-order chi connectivity index (χ1) is 8.20. The molecule has 0 unspecified atom stereocenters. The Morgan fingerprint density at radius 2 is 1.65 bits per heavy atom. The van der Waals surface area contributed by atoms with Gasteiger partial charge in [0.1, 0.15) is 0 Å². The van der Waals surface area contributed by atoms with Gasteiger partial charge in [0.25, 0.3) is 0 Å². The van der Waals surface area contributed by atoms with Crippen LogP contribution < -0.4 is 0 Å². The molecule has 0 N–H and O–H groups in total. The molecule has 1 rings (SSSR count). The molecule has 1 aromatic heterocycles. The molecule has 0 aromatic carbocycles. The molecule has 0 bridgehead atoms. The average Bonchev–Trinajstić information content (AvgIpc) is 2.41. The monoisotopic (exact) mass is 238 g/mol. The minimum atomic E-state index is 0.106. The quantitative estimate of drug-likeness (QED) is 0.810. The van der Waals surface area contributed by atoms with Crippen LogP contribution in [0.25, 0.3) is 0 Å². The number of amides is 1. The highest BCUT2D eigenvalue weighted by atomic mass is 16.2. The van der Waals surface area contributed by atoms with Crippen LogP contribution in [0.3, 0.4) is 0 Å². The van der Waals surface area contributed by atoms with E-state index in [4.69, 9.17) is 0 Å². The molecule has 98 valence electrons. The molecule has 1 aromatic rings.